The Labute approximate surface area is 119 Å². The van der Waals surface area contributed by atoms with Gasteiger partial charge in [-0.2, -0.15) is 0 Å². The molecule has 20 heavy (non-hydrogen) atoms. The topological polar surface area (TPSA) is 61.4 Å². The van der Waals surface area contributed by atoms with Crippen LogP contribution in [0.4, 0.5) is 5.69 Å². The van der Waals surface area contributed by atoms with Gasteiger partial charge in [0.2, 0.25) is 11.8 Å². The molecule has 1 aliphatic heterocycles. The Morgan fingerprint density at radius 1 is 1.25 bits per heavy atom. The second kappa shape index (κ2) is 5.53. The van der Waals surface area contributed by atoms with Crippen LogP contribution in [0, 0.1) is 5.92 Å². The van der Waals surface area contributed by atoms with E-state index in [0.717, 1.165) is 5.69 Å². The highest BCUT2D eigenvalue weighted by Gasteiger charge is 2.35. The van der Waals surface area contributed by atoms with Crippen LogP contribution < -0.4 is 10.7 Å². The van der Waals surface area contributed by atoms with Gasteiger partial charge in [-0.15, -0.1) is 0 Å². The van der Waals surface area contributed by atoms with E-state index in [2.05, 4.69) is 10.7 Å². The molecular formula is C15H21N3O2. The fraction of sp³-hybridized carbons (Fsp3) is 0.467. The SMILES string of the molecule is CC(C)(C)NC(=O)C1CC(=O)N(Nc2ccccc2)C1. The Hall–Kier alpha value is -2.04. The van der Waals surface area contributed by atoms with Crippen molar-refractivity contribution >= 4 is 17.5 Å². The van der Waals surface area contributed by atoms with E-state index in [-0.39, 0.29) is 29.7 Å². The molecule has 1 saturated heterocycles. The number of anilines is 1. The predicted octanol–water partition coefficient (Wildman–Crippen LogP) is 1.78. The summed E-state index contributed by atoms with van der Waals surface area (Å²) < 4.78 is 0. The van der Waals surface area contributed by atoms with Crippen LogP contribution in [-0.4, -0.2) is 28.9 Å². The van der Waals surface area contributed by atoms with Crippen molar-refractivity contribution in [3.63, 3.8) is 0 Å². The van der Waals surface area contributed by atoms with Crippen LogP contribution in [0.5, 0.6) is 0 Å². The Morgan fingerprint density at radius 2 is 1.90 bits per heavy atom. The van der Waals surface area contributed by atoms with Gasteiger partial charge in [0.1, 0.15) is 0 Å². The minimum Gasteiger partial charge on any atom is -0.351 e. The third-order valence-electron chi connectivity index (χ3n) is 3.03. The summed E-state index contributed by atoms with van der Waals surface area (Å²) in [6.07, 6.45) is 0.252. The quantitative estimate of drug-likeness (QED) is 0.884. The molecule has 2 amide bonds. The molecule has 1 aromatic rings. The van der Waals surface area contributed by atoms with Crippen LogP contribution >= 0.6 is 0 Å². The van der Waals surface area contributed by atoms with E-state index in [1.165, 1.54) is 5.01 Å². The van der Waals surface area contributed by atoms with E-state index in [0.29, 0.717) is 6.54 Å². The molecule has 0 bridgehead atoms. The van der Waals surface area contributed by atoms with E-state index in [9.17, 15) is 9.59 Å². The molecule has 2 rings (SSSR count). The lowest BCUT2D eigenvalue weighted by Gasteiger charge is -2.23. The zero-order valence-electron chi connectivity index (χ0n) is 12.1. The van der Waals surface area contributed by atoms with Crippen molar-refractivity contribution in [1.29, 1.82) is 0 Å². The van der Waals surface area contributed by atoms with Crippen molar-refractivity contribution in [2.45, 2.75) is 32.7 Å². The van der Waals surface area contributed by atoms with E-state index >= 15 is 0 Å². The first-order valence-corrected chi connectivity index (χ1v) is 6.79. The lowest BCUT2D eigenvalue weighted by molar-refractivity contribution is -0.129. The number of benzene rings is 1. The van der Waals surface area contributed by atoms with Crippen molar-refractivity contribution < 1.29 is 9.59 Å². The second-order valence-electron chi connectivity index (χ2n) is 6.12. The number of rotatable bonds is 3. The second-order valence-corrected chi connectivity index (χ2v) is 6.12. The summed E-state index contributed by atoms with van der Waals surface area (Å²) in [6, 6.07) is 9.47. The van der Waals surface area contributed by atoms with E-state index in [1.54, 1.807) is 0 Å². The molecule has 0 spiro atoms. The Balaban J connectivity index is 1.95. The molecule has 1 aromatic carbocycles. The zero-order valence-corrected chi connectivity index (χ0v) is 12.1. The van der Waals surface area contributed by atoms with Gasteiger partial charge < -0.3 is 5.32 Å². The predicted molar refractivity (Wildman–Crippen MR) is 77.8 cm³/mol. The van der Waals surface area contributed by atoms with E-state index < -0.39 is 0 Å². The summed E-state index contributed by atoms with van der Waals surface area (Å²) in [5.41, 5.74) is 3.61. The van der Waals surface area contributed by atoms with Gasteiger partial charge in [-0.25, -0.2) is 0 Å². The maximum atomic E-state index is 12.1. The van der Waals surface area contributed by atoms with Crippen LogP contribution in [-0.2, 0) is 9.59 Å². The van der Waals surface area contributed by atoms with Gasteiger partial charge in [0.05, 0.1) is 18.2 Å². The Bertz CT molecular complexity index is 494. The summed E-state index contributed by atoms with van der Waals surface area (Å²) >= 11 is 0. The highest BCUT2D eigenvalue weighted by molar-refractivity contribution is 5.90. The molecule has 0 saturated carbocycles. The fourth-order valence-corrected chi connectivity index (χ4v) is 2.13. The molecule has 1 atom stereocenters. The smallest absolute Gasteiger partial charge is 0.241 e. The molecule has 0 aromatic heterocycles. The number of nitrogens with one attached hydrogen (secondary N) is 2. The number of nitrogens with zero attached hydrogens (tertiary/aromatic N) is 1. The first-order valence-electron chi connectivity index (χ1n) is 6.79. The van der Waals surface area contributed by atoms with Gasteiger partial charge in [-0.05, 0) is 32.9 Å². The molecule has 0 aliphatic carbocycles. The molecule has 0 radical (unpaired) electrons. The number of amides is 2. The van der Waals surface area contributed by atoms with Crippen molar-refractivity contribution in [3.8, 4) is 0 Å². The molecule has 5 nitrogen and oxygen atoms in total. The molecule has 1 aliphatic rings. The molecule has 1 heterocycles. The van der Waals surface area contributed by atoms with Crippen molar-refractivity contribution in [3.05, 3.63) is 30.3 Å². The molecule has 5 heteroatoms. The summed E-state index contributed by atoms with van der Waals surface area (Å²) in [5, 5.41) is 4.44. The maximum Gasteiger partial charge on any atom is 0.241 e. The first kappa shape index (κ1) is 14.4. The standard InChI is InChI=1S/C15H21N3O2/c1-15(2,3)16-14(20)11-9-13(19)18(10-11)17-12-7-5-4-6-8-12/h4-8,11,17H,9-10H2,1-3H3,(H,16,20). The number of hydrazine groups is 1. The Kier molecular flexibility index (Phi) is 3.97. The first-order chi connectivity index (χ1) is 9.35. The highest BCUT2D eigenvalue weighted by Crippen LogP contribution is 2.20. The minimum absolute atomic E-state index is 0.0529. The number of carbonyl (C=O) groups is 2. The van der Waals surface area contributed by atoms with Gasteiger partial charge in [-0.1, -0.05) is 18.2 Å². The van der Waals surface area contributed by atoms with Gasteiger partial charge in [0, 0.05) is 12.0 Å². The van der Waals surface area contributed by atoms with Crippen LogP contribution in [0.1, 0.15) is 27.2 Å². The lowest BCUT2D eigenvalue weighted by Crippen LogP contribution is -2.44. The average Bonchev–Trinajstić information content (AvgIpc) is 2.70. The summed E-state index contributed by atoms with van der Waals surface area (Å²) in [4.78, 5) is 24.0. The number of para-hydroxylation sites is 1. The summed E-state index contributed by atoms with van der Waals surface area (Å²) in [6.45, 7) is 6.20. The van der Waals surface area contributed by atoms with Gasteiger partial charge >= 0.3 is 0 Å². The molecule has 1 unspecified atom stereocenters. The molecule has 2 N–H and O–H groups in total. The minimum atomic E-state index is -0.294. The zero-order chi connectivity index (χ0) is 14.8. The third-order valence-corrected chi connectivity index (χ3v) is 3.03. The van der Waals surface area contributed by atoms with Crippen LogP contribution in [0.3, 0.4) is 0 Å². The molecule has 108 valence electrons. The number of hydrogen-bond donors (Lipinski definition) is 2. The van der Waals surface area contributed by atoms with Crippen molar-refractivity contribution in [2.24, 2.45) is 5.92 Å². The number of carbonyl (C=O) groups excluding carboxylic acids is 2. The highest BCUT2D eigenvalue weighted by atomic mass is 16.2. The van der Waals surface area contributed by atoms with Crippen LogP contribution in [0.15, 0.2) is 30.3 Å². The van der Waals surface area contributed by atoms with Gasteiger partial charge in [0.25, 0.3) is 0 Å². The van der Waals surface area contributed by atoms with E-state index in [1.807, 2.05) is 51.1 Å². The summed E-state index contributed by atoms with van der Waals surface area (Å²) in [7, 11) is 0. The maximum absolute atomic E-state index is 12.1. The van der Waals surface area contributed by atoms with Crippen molar-refractivity contribution in [1.82, 2.24) is 10.3 Å². The van der Waals surface area contributed by atoms with Gasteiger partial charge in [0.15, 0.2) is 0 Å². The molecule has 1 fully saturated rings. The monoisotopic (exact) mass is 275 g/mol. The van der Waals surface area contributed by atoms with Crippen molar-refractivity contribution in [2.75, 3.05) is 12.0 Å². The van der Waals surface area contributed by atoms with E-state index in [4.69, 9.17) is 0 Å². The fourth-order valence-electron chi connectivity index (χ4n) is 2.13. The third kappa shape index (κ3) is 3.73. The average molecular weight is 275 g/mol. The molecular weight excluding hydrogens is 254 g/mol. The largest absolute Gasteiger partial charge is 0.351 e. The van der Waals surface area contributed by atoms with Gasteiger partial charge in [-0.3, -0.25) is 20.0 Å². The number of hydrogen-bond acceptors (Lipinski definition) is 3. The lowest BCUT2D eigenvalue weighted by atomic mass is 10.0. The summed E-state index contributed by atoms with van der Waals surface area (Å²) in [5.74, 6) is -0.413. The Morgan fingerprint density at radius 3 is 2.50 bits per heavy atom. The van der Waals surface area contributed by atoms with Crippen LogP contribution in [0.25, 0.3) is 0 Å². The normalized spacial score (nSPS) is 19.1. The van der Waals surface area contributed by atoms with Crippen LogP contribution in [0.2, 0.25) is 0 Å².